The minimum absolute atomic E-state index is 0. The van der Waals surface area contributed by atoms with Crippen molar-refractivity contribution in [3.05, 3.63) is 0 Å². The fourth-order valence-electron chi connectivity index (χ4n) is 0. The topological polar surface area (TPSA) is 91.8 Å². The fraction of sp³-hybridized carbons (Fsp3) is 0. The van der Waals surface area contributed by atoms with Gasteiger partial charge in [0, 0.05) is 0 Å². The Morgan fingerprint density at radius 3 is 1.67 bits per heavy atom. The van der Waals surface area contributed by atoms with E-state index < -0.39 is 6.09 Å². The summed E-state index contributed by atoms with van der Waals surface area (Å²) in [7, 11) is 0. The van der Waals surface area contributed by atoms with Gasteiger partial charge in [0.05, 0.1) is 0 Å². The summed E-state index contributed by atoms with van der Waals surface area (Å²) in [5, 5.41) is 7.19. The van der Waals surface area contributed by atoms with E-state index in [-0.39, 0.29) is 25.0 Å². The molecule has 0 atom stereocenters. The van der Waals surface area contributed by atoms with Gasteiger partial charge in [-0.3, -0.25) is 0 Å². The van der Waals surface area contributed by atoms with Gasteiger partial charge in [0.2, 0.25) is 0 Å². The molecule has 0 radical (unpaired) electrons. The van der Waals surface area contributed by atoms with E-state index in [0.717, 1.165) is 0 Å². The summed E-state index contributed by atoms with van der Waals surface area (Å²) >= 11 is 0. The minimum atomic E-state index is -1.33. The smallest absolute Gasteiger partial charge is 2.00 e. The van der Waals surface area contributed by atoms with Crippen molar-refractivity contribution >= 4 is 6.09 Å². The Balaban J connectivity index is -0.0000000450. The summed E-state index contributed by atoms with van der Waals surface area (Å²) in [5.41, 5.74) is 4.03. The molecule has 0 aliphatic rings. The van der Waals surface area contributed by atoms with E-state index in [0.29, 0.717) is 0 Å². The van der Waals surface area contributed by atoms with E-state index >= 15 is 0 Å². The van der Waals surface area contributed by atoms with E-state index in [1.54, 1.807) is 0 Å². The predicted octanol–water partition coefficient (Wildman–Crippen LogP) is -0.498. The van der Waals surface area contributed by atoms with Crippen molar-refractivity contribution in [2.75, 3.05) is 0 Å². The molecule has 0 spiro atoms. The summed E-state index contributed by atoms with van der Waals surface area (Å²) in [6.45, 7) is 0. The van der Waals surface area contributed by atoms with E-state index in [9.17, 15) is 0 Å². The molecule has 0 unspecified atom stereocenters. The molecule has 0 aromatic carbocycles. The van der Waals surface area contributed by atoms with Crippen LogP contribution in [0.2, 0.25) is 0 Å². The average Bonchev–Trinajstić information content (AvgIpc) is 0.811. The molecule has 3 N–H and O–H groups in total. The molecular formula is CH3NO3Zn. The zero-order chi connectivity index (χ0) is 3.58. The van der Waals surface area contributed by atoms with E-state index in [1.807, 2.05) is 0 Å². The van der Waals surface area contributed by atoms with Crippen LogP contribution in [0.1, 0.15) is 0 Å². The molecule has 0 aromatic rings. The van der Waals surface area contributed by atoms with Gasteiger partial charge in [-0.2, -0.15) is 0 Å². The van der Waals surface area contributed by atoms with Crippen LogP contribution in [0, 0.1) is 0 Å². The second-order valence-corrected chi connectivity index (χ2v) is 0.338. The summed E-state index contributed by atoms with van der Waals surface area (Å²) < 4.78 is 0. The molecule has 0 aromatic heterocycles. The van der Waals surface area contributed by atoms with Crippen LogP contribution in [-0.4, -0.2) is 11.2 Å². The first-order valence-electron chi connectivity index (χ1n) is 0.716. The SMILES string of the molecule is NC(=O)O.[O-2].[Zn+2]. The molecule has 5 heteroatoms. The Bertz CT molecular complexity index is 33.8. The maximum absolute atomic E-state index is 8.78. The molecule has 0 aliphatic heterocycles. The number of hydrogen-bond acceptors (Lipinski definition) is 1. The maximum Gasteiger partial charge on any atom is 2.00 e. The number of nitrogens with two attached hydrogens (primary N) is 1. The molecule has 4 nitrogen and oxygen atoms in total. The molecule has 0 saturated carbocycles. The Labute approximate surface area is 47.4 Å². The summed E-state index contributed by atoms with van der Waals surface area (Å²) in [6, 6.07) is 0. The van der Waals surface area contributed by atoms with Gasteiger partial charge in [0.15, 0.2) is 0 Å². The summed E-state index contributed by atoms with van der Waals surface area (Å²) in [5.74, 6) is 0. The maximum atomic E-state index is 8.78. The molecule has 0 saturated heterocycles. The third-order valence-electron chi connectivity index (χ3n) is 0. The van der Waals surface area contributed by atoms with Gasteiger partial charge in [0.1, 0.15) is 0 Å². The molecule has 32 valence electrons. The second kappa shape index (κ2) is 8.85. The monoisotopic (exact) mass is 141 g/mol. The van der Waals surface area contributed by atoms with E-state index in [4.69, 9.17) is 9.90 Å². The number of primary amides is 1. The first-order valence-corrected chi connectivity index (χ1v) is 0.716. The van der Waals surface area contributed by atoms with Crippen LogP contribution in [0.3, 0.4) is 0 Å². The summed E-state index contributed by atoms with van der Waals surface area (Å²) in [6.07, 6.45) is -1.33. The standard InChI is InChI=1S/CH3NO2.O.Zn/c2-1(3)4;;/h2H2,(H,3,4);;/q;-2;+2. The van der Waals surface area contributed by atoms with Gasteiger partial charge >= 0.3 is 25.6 Å². The van der Waals surface area contributed by atoms with Crippen LogP contribution >= 0.6 is 0 Å². The van der Waals surface area contributed by atoms with Crippen molar-refractivity contribution in [2.24, 2.45) is 5.73 Å². The van der Waals surface area contributed by atoms with Crippen molar-refractivity contribution < 1.29 is 34.9 Å². The third-order valence-corrected chi connectivity index (χ3v) is 0. The summed E-state index contributed by atoms with van der Waals surface area (Å²) in [4.78, 5) is 8.78. The number of carboxylic acid groups (broad SMARTS) is 1. The normalized spacial score (nSPS) is 4.00. The van der Waals surface area contributed by atoms with Crippen LogP contribution in [0.25, 0.3) is 0 Å². The molecule has 0 fully saturated rings. The predicted molar refractivity (Wildman–Crippen MR) is 12.9 cm³/mol. The largest absolute Gasteiger partial charge is 2.00 e. The fourth-order valence-corrected chi connectivity index (χ4v) is 0. The first-order chi connectivity index (χ1) is 1.73. The van der Waals surface area contributed by atoms with Crippen molar-refractivity contribution in [3.63, 3.8) is 0 Å². The molecule has 0 bridgehead atoms. The van der Waals surface area contributed by atoms with Gasteiger partial charge in [-0.05, 0) is 0 Å². The van der Waals surface area contributed by atoms with E-state index in [2.05, 4.69) is 5.73 Å². The molecule has 6 heavy (non-hydrogen) atoms. The van der Waals surface area contributed by atoms with E-state index in [1.165, 1.54) is 0 Å². The number of rotatable bonds is 0. The molecule has 1 amide bonds. The van der Waals surface area contributed by atoms with Crippen LogP contribution in [-0.2, 0) is 25.0 Å². The zero-order valence-corrected chi connectivity index (χ0v) is 6.02. The van der Waals surface area contributed by atoms with Crippen LogP contribution in [0.5, 0.6) is 0 Å². The Hall–Kier alpha value is -0.147. The average molecular weight is 142 g/mol. The quantitative estimate of drug-likeness (QED) is 0.446. The number of amides is 1. The van der Waals surface area contributed by atoms with Gasteiger partial charge in [0.25, 0.3) is 0 Å². The second-order valence-electron chi connectivity index (χ2n) is 0.338. The van der Waals surface area contributed by atoms with Crippen molar-refractivity contribution in [1.82, 2.24) is 0 Å². The Morgan fingerprint density at radius 1 is 1.67 bits per heavy atom. The Kier molecular flexibility index (Phi) is 25.0. The van der Waals surface area contributed by atoms with Crippen LogP contribution in [0.15, 0.2) is 0 Å². The van der Waals surface area contributed by atoms with Gasteiger partial charge < -0.3 is 16.3 Å². The van der Waals surface area contributed by atoms with Crippen molar-refractivity contribution in [3.8, 4) is 0 Å². The van der Waals surface area contributed by atoms with Gasteiger partial charge in [-0.25, -0.2) is 4.79 Å². The van der Waals surface area contributed by atoms with Crippen LogP contribution < -0.4 is 5.73 Å². The number of hydrogen-bond donors (Lipinski definition) is 2. The van der Waals surface area contributed by atoms with Gasteiger partial charge in [-0.1, -0.05) is 0 Å². The third kappa shape index (κ3) is 1460. The molecule has 0 aliphatic carbocycles. The minimum Gasteiger partial charge on any atom is -2.00 e. The first kappa shape index (κ1) is 16.9. The number of carbonyl (C=O) groups is 1. The molecular weight excluding hydrogens is 139 g/mol. The molecule has 0 heterocycles. The Morgan fingerprint density at radius 2 is 1.67 bits per heavy atom. The van der Waals surface area contributed by atoms with Gasteiger partial charge in [-0.15, -0.1) is 0 Å². The van der Waals surface area contributed by atoms with Crippen molar-refractivity contribution in [2.45, 2.75) is 0 Å². The molecule has 0 rings (SSSR count). The van der Waals surface area contributed by atoms with Crippen LogP contribution in [0.4, 0.5) is 4.79 Å². The zero-order valence-electron chi connectivity index (χ0n) is 3.05. The van der Waals surface area contributed by atoms with Crippen molar-refractivity contribution in [1.29, 1.82) is 0 Å².